The van der Waals surface area contributed by atoms with Gasteiger partial charge in [0.25, 0.3) is 0 Å². The molecule has 0 bridgehead atoms. The average Bonchev–Trinajstić information content (AvgIpc) is 2.82. The lowest BCUT2D eigenvalue weighted by molar-refractivity contribution is -0.166. The lowest BCUT2D eigenvalue weighted by atomic mass is 9.77. The Labute approximate surface area is 198 Å². The molecule has 0 saturated carbocycles. The second-order valence-corrected chi connectivity index (χ2v) is 10.3. The molecule has 186 valence electrons. The Morgan fingerprint density at radius 2 is 1.39 bits per heavy atom. The number of ether oxygens (including phenoxy) is 1. The number of aliphatic hydroxyl groups excluding tert-OH is 3. The topological polar surface area (TPSA) is 104 Å². The highest BCUT2D eigenvalue weighted by atomic mass is 16.5. The van der Waals surface area contributed by atoms with Crippen LogP contribution in [0.15, 0.2) is 30.3 Å². The van der Waals surface area contributed by atoms with Gasteiger partial charge < -0.3 is 20.1 Å². The molecule has 1 saturated heterocycles. The van der Waals surface area contributed by atoms with Gasteiger partial charge in [-0.2, -0.15) is 0 Å². The zero-order valence-electron chi connectivity index (χ0n) is 20.8. The summed E-state index contributed by atoms with van der Waals surface area (Å²) in [6.45, 7) is 10.5. The van der Waals surface area contributed by atoms with Gasteiger partial charge in [-0.1, -0.05) is 65.0 Å². The van der Waals surface area contributed by atoms with Gasteiger partial charge in [-0.15, -0.1) is 0 Å². The number of ketones is 1. The molecule has 1 heterocycles. The molecular formula is C27H42O6. The molecule has 3 N–H and O–H groups in total. The Kier molecular flexibility index (Phi) is 10.1. The largest absolute Gasteiger partial charge is 0.462 e. The molecule has 6 heteroatoms. The third-order valence-corrected chi connectivity index (χ3v) is 7.67. The van der Waals surface area contributed by atoms with E-state index in [1.807, 2.05) is 51.1 Å². The molecule has 1 fully saturated rings. The minimum Gasteiger partial charge on any atom is -0.462 e. The van der Waals surface area contributed by atoms with Crippen molar-refractivity contribution in [2.45, 2.75) is 85.2 Å². The Morgan fingerprint density at radius 3 is 2.00 bits per heavy atom. The second-order valence-electron chi connectivity index (χ2n) is 10.3. The van der Waals surface area contributed by atoms with Crippen LogP contribution in [0.3, 0.4) is 0 Å². The van der Waals surface area contributed by atoms with E-state index < -0.39 is 54.1 Å². The first-order valence-electron chi connectivity index (χ1n) is 12.3. The van der Waals surface area contributed by atoms with Crippen LogP contribution in [0.5, 0.6) is 0 Å². The van der Waals surface area contributed by atoms with Crippen LogP contribution >= 0.6 is 0 Å². The van der Waals surface area contributed by atoms with Crippen LogP contribution in [-0.4, -0.2) is 51.5 Å². The Morgan fingerprint density at radius 1 is 0.818 bits per heavy atom. The van der Waals surface area contributed by atoms with Gasteiger partial charge in [-0.05, 0) is 37.7 Å². The molecule has 0 amide bonds. The number of carbonyl (C=O) groups excluding carboxylic acids is 2. The quantitative estimate of drug-likeness (QED) is 0.595. The molecule has 10 atom stereocenters. The standard InChI is InChI=1S/C27H42O6/c1-15-14-16(2)24(29)19(5)26(31)20(6)27(32)33-22(13-12-21-10-8-7-9-11-21)17(3)25(30)18(4)23(15)28/h7-11,15-20,22,24-26,29-31H,12-14H2,1-6H3. The van der Waals surface area contributed by atoms with Crippen LogP contribution in [0.2, 0.25) is 0 Å². The van der Waals surface area contributed by atoms with E-state index in [-0.39, 0.29) is 17.6 Å². The van der Waals surface area contributed by atoms with Crippen LogP contribution in [0.4, 0.5) is 0 Å². The van der Waals surface area contributed by atoms with E-state index in [0.29, 0.717) is 19.3 Å². The first kappa shape index (κ1) is 27.5. The van der Waals surface area contributed by atoms with E-state index in [2.05, 4.69) is 0 Å². The first-order chi connectivity index (χ1) is 15.5. The smallest absolute Gasteiger partial charge is 0.311 e. The number of rotatable bonds is 3. The maximum atomic E-state index is 13.1. The summed E-state index contributed by atoms with van der Waals surface area (Å²) in [6.07, 6.45) is -1.97. The molecule has 0 aromatic heterocycles. The minimum atomic E-state index is -1.09. The molecule has 0 radical (unpaired) electrons. The van der Waals surface area contributed by atoms with Crippen molar-refractivity contribution in [2.24, 2.45) is 35.5 Å². The van der Waals surface area contributed by atoms with Crippen molar-refractivity contribution in [3.05, 3.63) is 35.9 Å². The monoisotopic (exact) mass is 462 g/mol. The van der Waals surface area contributed by atoms with Gasteiger partial charge in [0.2, 0.25) is 0 Å². The minimum absolute atomic E-state index is 0.0693. The molecule has 6 nitrogen and oxygen atoms in total. The molecule has 2 rings (SSSR count). The zero-order valence-corrected chi connectivity index (χ0v) is 20.8. The molecule has 1 aromatic rings. The lowest BCUT2D eigenvalue weighted by Crippen LogP contribution is -2.45. The number of hydrogen-bond acceptors (Lipinski definition) is 6. The first-order valence-corrected chi connectivity index (χ1v) is 12.3. The van der Waals surface area contributed by atoms with Crippen molar-refractivity contribution in [1.29, 1.82) is 0 Å². The van der Waals surface area contributed by atoms with Crippen molar-refractivity contribution in [3.8, 4) is 0 Å². The molecule has 1 aromatic carbocycles. The summed E-state index contributed by atoms with van der Waals surface area (Å²) >= 11 is 0. The molecule has 0 spiro atoms. The van der Waals surface area contributed by atoms with E-state index in [1.165, 1.54) is 0 Å². The third-order valence-electron chi connectivity index (χ3n) is 7.67. The highest BCUT2D eigenvalue weighted by Crippen LogP contribution is 2.31. The second kappa shape index (κ2) is 12.1. The molecule has 10 unspecified atom stereocenters. The Bertz CT molecular complexity index is 765. The Balaban J connectivity index is 2.34. The summed E-state index contributed by atoms with van der Waals surface area (Å²) < 4.78 is 5.85. The van der Waals surface area contributed by atoms with Gasteiger partial charge >= 0.3 is 5.97 Å². The van der Waals surface area contributed by atoms with Gasteiger partial charge in [0.1, 0.15) is 11.9 Å². The number of cyclic esters (lactones) is 1. The van der Waals surface area contributed by atoms with Crippen molar-refractivity contribution >= 4 is 11.8 Å². The van der Waals surface area contributed by atoms with Gasteiger partial charge in [-0.25, -0.2) is 0 Å². The van der Waals surface area contributed by atoms with Gasteiger partial charge in [0.05, 0.1) is 24.2 Å². The predicted molar refractivity (Wildman–Crippen MR) is 127 cm³/mol. The maximum absolute atomic E-state index is 13.1. The average molecular weight is 463 g/mol. The molecule has 1 aliphatic heterocycles. The number of aryl methyl sites for hydroxylation is 1. The van der Waals surface area contributed by atoms with E-state index >= 15 is 0 Å². The van der Waals surface area contributed by atoms with Gasteiger partial charge in [0.15, 0.2) is 0 Å². The molecule has 1 aliphatic rings. The Hall–Kier alpha value is -1.76. The molecule has 0 aliphatic carbocycles. The highest BCUT2D eigenvalue weighted by molar-refractivity contribution is 5.83. The van der Waals surface area contributed by atoms with E-state index in [0.717, 1.165) is 5.56 Å². The highest BCUT2D eigenvalue weighted by Gasteiger charge is 2.40. The van der Waals surface area contributed by atoms with Crippen LogP contribution in [0, 0.1) is 35.5 Å². The van der Waals surface area contributed by atoms with E-state index in [1.54, 1.807) is 20.8 Å². The van der Waals surface area contributed by atoms with Crippen molar-refractivity contribution in [2.75, 3.05) is 0 Å². The number of carbonyl (C=O) groups is 2. The van der Waals surface area contributed by atoms with Crippen molar-refractivity contribution < 1.29 is 29.6 Å². The summed E-state index contributed by atoms with van der Waals surface area (Å²) in [7, 11) is 0. The van der Waals surface area contributed by atoms with Crippen LogP contribution in [0.25, 0.3) is 0 Å². The van der Waals surface area contributed by atoms with Gasteiger partial charge in [0, 0.05) is 23.7 Å². The fourth-order valence-corrected chi connectivity index (χ4v) is 5.06. The van der Waals surface area contributed by atoms with Crippen LogP contribution < -0.4 is 0 Å². The summed E-state index contributed by atoms with van der Waals surface area (Å²) in [5.74, 6) is -3.70. The third kappa shape index (κ3) is 6.87. The number of hydrogen-bond donors (Lipinski definition) is 3. The SMILES string of the molecule is CC1CC(C)C(O)C(C)C(O)C(C)C(=O)OC(CCc2ccccc2)C(C)C(O)C(C)C1=O. The maximum Gasteiger partial charge on any atom is 0.311 e. The van der Waals surface area contributed by atoms with Gasteiger partial charge in [-0.3, -0.25) is 9.59 Å². The number of esters is 1. The molecular weight excluding hydrogens is 420 g/mol. The summed E-state index contributed by atoms with van der Waals surface area (Å²) in [5, 5.41) is 32.7. The zero-order chi connectivity index (χ0) is 24.9. The number of aliphatic hydroxyl groups is 3. The van der Waals surface area contributed by atoms with E-state index in [9.17, 15) is 24.9 Å². The van der Waals surface area contributed by atoms with Crippen LogP contribution in [-0.2, 0) is 20.7 Å². The number of benzene rings is 1. The van der Waals surface area contributed by atoms with E-state index in [4.69, 9.17) is 4.74 Å². The summed E-state index contributed by atoms with van der Waals surface area (Å²) in [5.41, 5.74) is 1.09. The lowest BCUT2D eigenvalue weighted by Gasteiger charge is -2.36. The number of Topliss-reactive ketones (excluding diaryl/α,β-unsaturated/α-hetero) is 1. The van der Waals surface area contributed by atoms with Crippen LogP contribution in [0.1, 0.15) is 59.9 Å². The predicted octanol–water partition coefficient (Wildman–Crippen LogP) is 3.40. The normalized spacial score (nSPS) is 39.5. The fraction of sp³-hybridized carbons (Fsp3) is 0.704. The van der Waals surface area contributed by atoms with Crippen molar-refractivity contribution in [1.82, 2.24) is 0 Å². The van der Waals surface area contributed by atoms with Crippen molar-refractivity contribution in [3.63, 3.8) is 0 Å². The molecule has 33 heavy (non-hydrogen) atoms. The summed E-state index contributed by atoms with van der Waals surface area (Å²) in [6, 6.07) is 9.82. The fourth-order valence-electron chi connectivity index (χ4n) is 5.06. The summed E-state index contributed by atoms with van der Waals surface area (Å²) in [4.78, 5) is 26.1.